The highest BCUT2D eigenvalue weighted by atomic mass is 16.5. The number of carbonyl (C=O) groups is 4. The Hall–Kier alpha value is -3.48. The van der Waals surface area contributed by atoms with E-state index in [1.165, 1.54) is 13.8 Å². The Bertz CT molecular complexity index is 1090. The average Bonchev–Trinajstić information content (AvgIpc) is 3.28. The summed E-state index contributed by atoms with van der Waals surface area (Å²) in [6.07, 6.45) is 2.76. The minimum Gasteiger partial charge on any atom is -0.452 e. The van der Waals surface area contributed by atoms with Crippen LogP contribution in [-0.4, -0.2) is 36.2 Å². The van der Waals surface area contributed by atoms with Crippen molar-refractivity contribution in [1.82, 2.24) is 0 Å². The molecule has 1 aliphatic heterocycles. The molecule has 7 heteroatoms. The monoisotopic (exact) mass is 462 g/mol. The van der Waals surface area contributed by atoms with Gasteiger partial charge in [-0.1, -0.05) is 31.0 Å². The zero-order valence-electron chi connectivity index (χ0n) is 19.6. The molecule has 2 aromatic carbocycles. The number of esters is 1. The van der Waals surface area contributed by atoms with Crippen molar-refractivity contribution in [3.05, 3.63) is 59.7 Å². The molecule has 2 amide bonds. The predicted molar refractivity (Wildman–Crippen MR) is 129 cm³/mol. The van der Waals surface area contributed by atoms with Gasteiger partial charge in [-0.15, -0.1) is 0 Å². The molecule has 0 aromatic heterocycles. The zero-order chi connectivity index (χ0) is 24.2. The first kappa shape index (κ1) is 23.7. The molecule has 0 bridgehead atoms. The summed E-state index contributed by atoms with van der Waals surface area (Å²) in [6.45, 7) is 3.62. The topological polar surface area (TPSA) is 92.8 Å². The number of para-hydroxylation sites is 1. The maximum absolute atomic E-state index is 13.4. The van der Waals surface area contributed by atoms with Gasteiger partial charge in [0.1, 0.15) is 0 Å². The van der Waals surface area contributed by atoms with Gasteiger partial charge in [-0.3, -0.25) is 19.2 Å². The van der Waals surface area contributed by atoms with E-state index in [9.17, 15) is 19.2 Å². The molecule has 7 nitrogen and oxygen atoms in total. The molecular formula is C27H30N2O5. The summed E-state index contributed by atoms with van der Waals surface area (Å²) in [5.41, 5.74) is 3.13. The highest BCUT2D eigenvalue weighted by molar-refractivity contribution is 6.00. The Morgan fingerprint density at radius 3 is 2.35 bits per heavy atom. The van der Waals surface area contributed by atoms with E-state index in [4.69, 9.17) is 4.74 Å². The fourth-order valence-electron chi connectivity index (χ4n) is 4.82. The maximum atomic E-state index is 13.4. The second-order valence-electron chi connectivity index (χ2n) is 9.07. The molecule has 3 unspecified atom stereocenters. The third-order valence-electron chi connectivity index (χ3n) is 6.76. The first-order valence-corrected chi connectivity index (χ1v) is 11.9. The van der Waals surface area contributed by atoms with Crippen molar-refractivity contribution < 1.29 is 23.9 Å². The average molecular weight is 463 g/mol. The van der Waals surface area contributed by atoms with Gasteiger partial charge in [-0.05, 0) is 69.0 Å². The molecule has 1 N–H and O–H groups in total. The summed E-state index contributed by atoms with van der Waals surface area (Å²) in [7, 11) is 0. The van der Waals surface area contributed by atoms with Crippen LogP contribution in [0, 0.1) is 11.8 Å². The molecule has 0 spiro atoms. The molecule has 178 valence electrons. The Morgan fingerprint density at radius 1 is 0.971 bits per heavy atom. The molecule has 1 fully saturated rings. The van der Waals surface area contributed by atoms with Gasteiger partial charge in [0, 0.05) is 23.5 Å². The summed E-state index contributed by atoms with van der Waals surface area (Å²) in [5.74, 6) is -2.06. The summed E-state index contributed by atoms with van der Waals surface area (Å²) in [4.78, 5) is 52.3. The predicted octanol–water partition coefficient (Wildman–Crippen LogP) is 4.16. The van der Waals surface area contributed by atoms with E-state index in [0.717, 1.165) is 30.5 Å². The van der Waals surface area contributed by atoms with Gasteiger partial charge < -0.3 is 15.0 Å². The standard InChI is InChI=1S/C27H30N2O5/c1-17(30)19-11-13-21(14-12-19)28-25(31)18(2)34-27(33)23-9-5-4-8-22(23)26(32)29-16-15-20-7-3-6-10-24(20)29/h3,6-7,10-14,18,22-23H,4-5,8-9,15-16H2,1-2H3,(H,28,31). The van der Waals surface area contributed by atoms with Crippen LogP contribution in [0.5, 0.6) is 0 Å². The van der Waals surface area contributed by atoms with Crippen LogP contribution in [0.15, 0.2) is 48.5 Å². The van der Waals surface area contributed by atoms with Gasteiger partial charge in [-0.2, -0.15) is 0 Å². The molecule has 1 heterocycles. The van der Waals surface area contributed by atoms with E-state index < -0.39 is 29.8 Å². The molecule has 1 aliphatic carbocycles. The summed E-state index contributed by atoms with van der Waals surface area (Å²) in [5, 5.41) is 2.70. The van der Waals surface area contributed by atoms with Gasteiger partial charge in [0.2, 0.25) is 5.91 Å². The fourth-order valence-corrected chi connectivity index (χ4v) is 4.82. The number of nitrogens with one attached hydrogen (secondary N) is 1. The first-order valence-electron chi connectivity index (χ1n) is 11.9. The zero-order valence-corrected chi connectivity index (χ0v) is 19.6. The lowest BCUT2D eigenvalue weighted by atomic mass is 9.78. The number of nitrogens with zero attached hydrogens (tertiary/aromatic N) is 1. The SMILES string of the molecule is CC(=O)c1ccc(NC(=O)C(C)OC(=O)C2CCCCC2C(=O)N2CCc3ccccc32)cc1. The van der Waals surface area contributed by atoms with Gasteiger partial charge in [0.15, 0.2) is 11.9 Å². The normalized spacial score (nSPS) is 20.2. The summed E-state index contributed by atoms with van der Waals surface area (Å²) >= 11 is 0. The van der Waals surface area contributed by atoms with Gasteiger partial charge in [-0.25, -0.2) is 0 Å². The van der Waals surface area contributed by atoms with Crippen molar-refractivity contribution >= 4 is 34.9 Å². The van der Waals surface area contributed by atoms with Gasteiger partial charge in [0.25, 0.3) is 5.91 Å². The highest BCUT2D eigenvalue weighted by Gasteiger charge is 2.41. The quantitative estimate of drug-likeness (QED) is 0.514. The lowest BCUT2D eigenvalue weighted by Crippen LogP contribution is -2.43. The lowest BCUT2D eigenvalue weighted by molar-refractivity contribution is -0.161. The molecule has 34 heavy (non-hydrogen) atoms. The highest BCUT2D eigenvalue weighted by Crippen LogP contribution is 2.36. The second kappa shape index (κ2) is 10.2. The number of carbonyl (C=O) groups excluding carboxylic acids is 4. The Kier molecular flexibility index (Phi) is 7.10. The van der Waals surface area contributed by atoms with E-state index in [1.807, 2.05) is 24.3 Å². The third kappa shape index (κ3) is 5.03. The molecule has 4 rings (SSSR count). The van der Waals surface area contributed by atoms with Crippen molar-refractivity contribution in [2.24, 2.45) is 11.8 Å². The number of benzene rings is 2. The van der Waals surface area contributed by atoms with Crippen LogP contribution >= 0.6 is 0 Å². The lowest BCUT2D eigenvalue weighted by Gasteiger charge is -2.32. The second-order valence-corrected chi connectivity index (χ2v) is 9.07. The van der Waals surface area contributed by atoms with E-state index in [-0.39, 0.29) is 11.7 Å². The van der Waals surface area contributed by atoms with Crippen LogP contribution in [0.25, 0.3) is 0 Å². The van der Waals surface area contributed by atoms with Crippen molar-refractivity contribution in [2.45, 2.75) is 52.1 Å². The molecule has 0 saturated heterocycles. The largest absolute Gasteiger partial charge is 0.452 e. The summed E-state index contributed by atoms with van der Waals surface area (Å²) < 4.78 is 5.52. The van der Waals surface area contributed by atoms with E-state index in [0.29, 0.717) is 30.6 Å². The van der Waals surface area contributed by atoms with Crippen molar-refractivity contribution in [2.75, 3.05) is 16.8 Å². The minimum absolute atomic E-state index is 0.0331. The van der Waals surface area contributed by atoms with Crippen LogP contribution in [0.1, 0.15) is 55.5 Å². The van der Waals surface area contributed by atoms with Crippen LogP contribution in [-0.2, 0) is 25.5 Å². The van der Waals surface area contributed by atoms with Crippen LogP contribution in [0.4, 0.5) is 11.4 Å². The fraction of sp³-hybridized carbons (Fsp3) is 0.407. The smallest absolute Gasteiger partial charge is 0.310 e. The molecule has 0 radical (unpaired) electrons. The Balaban J connectivity index is 1.39. The molecule has 1 saturated carbocycles. The maximum Gasteiger partial charge on any atom is 0.310 e. The first-order chi connectivity index (χ1) is 16.3. The number of Topliss-reactive ketones (excluding diaryl/α,β-unsaturated/α-hetero) is 1. The van der Waals surface area contributed by atoms with Crippen molar-refractivity contribution in [3.63, 3.8) is 0 Å². The van der Waals surface area contributed by atoms with E-state index >= 15 is 0 Å². The third-order valence-corrected chi connectivity index (χ3v) is 6.76. The van der Waals surface area contributed by atoms with Gasteiger partial charge in [0.05, 0.1) is 11.8 Å². The summed E-state index contributed by atoms with van der Waals surface area (Å²) in [6, 6.07) is 14.4. The number of rotatable bonds is 6. The van der Waals surface area contributed by atoms with Crippen LogP contribution in [0.3, 0.4) is 0 Å². The Labute approximate surface area is 199 Å². The number of anilines is 2. The molecule has 3 atom stereocenters. The van der Waals surface area contributed by atoms with Crippen LogP contribution < -0.4 is 10.2 Å². The van der Waals surface area contributed by atoms with Crippen LogP contribution in [0.2, 0.25) is 0 Å². The number of hydrogen-bond acceptors (Lipinski definition) is 5. The number of amides is 2. The number of ether oxygens (including phenoxy) is 1. The molecular weight excluding hydrogens is 432 g/mol. The molecule has 2 aliphatic rings. The number of hydrogen-bond donors (Lipinski definition) is 1. The Morgan fingerprint density at radius 2 is 1.65 bits per heavy atom. The number of fused-ring (bicyclic) bond motifs is 1. The van der Waals surface area contributed by atoms with E-state index in [1.54, 1.807) is 29.2 Å². The van der Waals surface area contributed by atoms with Gasteiger partial charge >= 0.3 is 5.97 Å². The molecule has 2 aromatic rings. The number of ketones is 1. The minimum atomic E-state index is -1.01. The van der Waals surface area contributed by atoms with E-state index in [2.05, 4.69) is 5.32 Å². The van der Waals surface area contributed by atoms with Crippen molar-refractivity contribution in [3.8, 4) is 0 Å². The van der Waals surface area contributed by atoms with Crippen molar-refractivity contribution in [1.29, 1.82) is 0 Å².